The summed E-state index contributed by atoms with van der Waals surface area (Å²) < 4.78 is 94.2. The number of amides is 4. The minimum Gasteiger partial charge on any atom is -0.494 e. The number of hydrogen-bond acceptors (Lipinski definition) is 11. The summed E-state index contributed by atoms with van der Waals surface area (Å²) in [6.45, 7) is 6.26. The first-order valence-electron chi connectivity index (χ1n) is 20.2. The summed E-state index contributed by atoms with van der Waals surface area (Å²) in [5.41, 5.74) is -3.64. The molecule has 330 valence electrons. The van der Waals surface area contributed by atoms with Crippen molar-refractivity contribution >= 4 is 44.7 Å². The standard InChI is InChI=1S/C41H54F3N5O10S/c1-8-23-15-22(2)11-9-10-12-24-20-41(24,37(52)48-60(54,55)26-13-14-26)47-35(50)30-16-25(21-49(30)36(51)34(23)46-38(53)59-39(3,4)40(5,43)44)58-31-19-33(57-7)45-29-18-32(56-6)28(42)17-27(29)31/h10,12,17-19,22-26,30,34H,8-9,11,13-16,20-21H2,1-7H3,(H,46,53)(H,47,50)(H,48,52)/b12-10-/t22-,23-,24-,25-,30+,34+,41-/m1/s1. The van der Waals surface area contributed by atoms with Crippen molar-refractivity contribution in [1.82, 2.24) is 25.2 Å². The minimum atomic E-state index is -4.00. The number of methoxy groups -OCH3 is 2. The molecule has 2 aliphatic carbocycles. The maximum Gasteiger partial charge on any atom is 0.408 e. The summed E-state index contributed by atoms with van der Waals surface area (Å²) in [4.78, 5) is 62.4. The Morgan fingerprint density at radius 2 is 1.77 bits per heavy atom. The maximum absolute atomic E-state index is 15.1. The molecule has 3 heterocycles. The van der Waals surface area contributed by atoms with Gasteiger partial charge in [0.25, 0.3) is 11.8 Å². The Morgan fingerprint density at radius 1 is 1.05 bits per heavy atom. The number of halogens is 3. The molecule has 1 saturated heterocycles. The van der Waals surface area contributed by atoms with E-state index in [1.807, 2.05) is 19.9 Å². The van der Waals surface area contributed by atoms with Crippen LogP contribution in [0, 0.1) is 23.6 Å². The first-order chi connectivity index (χ1) is 28.1. The van der Waals surface area contributed by atoms with E-state index in [-0.39, 0.29) is 53.6 Å². The number of nitrogens with one attached hydrogen (secondary N) is 3. The second kappa shape index (κ2) is 16.9. The molecule has 19 heteroatoms. The normalized spacial score (nSPS) is 28.3. The number of alkyl carbamates (subject to hydrolysis) is 1. The van der Waals surface area contributed by atoms with E-state index in [0.29, 0.717) is 45.4 Å². The van der Waals surface area contributed by atoms with Crippen LogP contribution >= 0.6 is 0 Å². The Kier molecular flexibility index (Phi) is 12.6. The van der Waals surface area contributed by atoms with Gasteiger partial charge in [-0.15, -0.1) is 0 Å². The highest BCUT2D eigenvalue weighted by Crippen LogP contribution is 2.46. The van der Waals surface area contributed by atoms with Gasteiger partial charge in [0.2, 0.25) is 27.7 Å². The summed E-state index contributed by atoms with van der Waals surface area (Å²) in [7, 11) is -1.32. The van der Waals surface area contributed by atoms with Gasteiger partial charge in [-0.3, -0.25) is 19.1 Å². The summed E-state index contributed by atoms with van der Waals surface area (Å²) in [5, 5.41) is 4.88. The minimum absolute atomic E-state index is 0.00982. The van der Waals surface area contributed by atoms with E-state index in [1.165, 1.54) is 37.3 Å². The molecule has 0 radical (unpaired) electrons. The molecule has 7 atom stereocenters. The molecule has 3 fully saturated rings. The molecule has 3 N–H and O–H groups in total. The number of rotatable bonds is 11. The summed E-state index contributed by atoms with van der Waals surface area (Å²) in [5.74, 6) is -7.55. The Balaban J connectivity index is 1.39. The number of benzene rings is 1. The van der Waals surface area contributed by atoms with Crippen molar-refractivity contribution in [3.8, 4) is 17.4 Å². The molecule has 2 aromatic rings. The molecular formula is C41H54F3N5O10S. The molecule has 1 aromatic heterocycles. The third-order valence-electron chi connectivity index (χ3n) is 12.2. The van der Waals surface area contributed by atoms with E-state index in [1.54, 1.807) is 6.08 Å². The van der Waals surface area contributed by atoms with Crippen LogP contribution in [0.2, 0.25) is 0 Å². The number of hydrogen-bond donors (Lipinski definition) is 3. The van der Waals surface area contributed by atoms with Crippen LogP contribution in [0.5, 0.6) is 17.4 Å². The van der Waals surface area contributed by atoms with Crippen molar-refractivity contribution in [2.75, 3.05) is 20.8 Å². The number of pyridine rings is 1. The lowest BCUT2D eigenvalue weighted by atomic mass is 9.85. The van der Waals surface area contributed by atoms with Crippen LogP contribution in [-0.4, -0.2) is 103 Å². The van der Waals surface area contributed by atoms with Gasteiger partial charge in [-0.2, -0.15) is 0 Å². The summed E-state index contributed by atoms with van der Waals surface area (Å²) in [6.07, 6.45) is 4.18. The Bertz CT molecular complexity index is 2150. The van der Waals surface area contributed by atoms with Crippen LogP contribution in [-0.2, 0) is 29.1 Å². The lowest BCUT2D eigenvalue weighted by molar-refractivity contribution is -0.152. The van der Waals surface area contributed by atoms with Crippen LogP contribution in [0.25, 0.3) is 10.9 Å². The SMILES string of the molecule is CC[C@@H]1C[C@H](C)CC/C=C\[C@@H]2C[C@@]2(C(=O)NS(=O)(=O)C2CC2)NC(=O)[C@@H]2C[C@@H](Oc3cc(OC)nc4cc(OC)c(F)cc34)CN2C(=O)[C@H]1NC(=O)OC(C)(C)C(C)(F)F. The van der Waals surface area contributed by atoms with Crippen LogP contribution in [0.1, 0.15) is 86.0 Å². The molecular weight excluding hydrogens is 812 g/mol. The van der Waals surface area contributed by atoms with Gasteiger partial charge in [-0.25, -0.2) is 31.4 Å². The number of ether oxygens (including phenoxy) is 4. The van der Waals surface area contributed by atoms with Crippen molar-refractivity contribution in [2.24, 2.45) is 17.8 Å². The molecule has 6 rings (SSSR count). The smallest absolute Gasteiger partial charge is 0.408 e. The molecule has 1 aromatic carbocycles. The van der Waals surface area contributed by atoms with E-state index in [0.717, 1.165) is 13.8 Å². The molecule has 0 bridgehead atoms. The number of aromatic nitrogens is 1. The topological polar surface area (TPSA) is 192 Å². The second-order valence-corrected chi connectivity index (χ2v) is 19.0. The van der Waals surface area contributed by atoms with Crippen molar-refractivity contribution in [1.29, 1.82) is 0 Å². The third-order valence-corrected chi connectivity index (χ3v) is 14.0. The van der Waals surface area contributed by atoms with Gasteiger partial charge in [0.15, 0.2) is 17.2 Å². The van der Waals surface area contributed by atoms with Crippen LogP contribution in [0.4, 0.5) is 18.0 Å². The van der Waals surface area contributed by atoms with E-state index in [2.05, 4.69) is 20.3 Å². The van der Waals surface area contributed by atoms with Crippen LogP contribution in [0.15, 0.2) is 30.4 Å². The highest BCUT2D eigenvalue weighted by molar-refractivity contribution is 7.91. The lowest BCUT2D eigenvalue weighted by Crippen LogP contribution is -2.59. The number of sulfonamides is 1. The Labute approximate surface area is 347 Å². The van der Waals surface area contributed by atoms with Crippen LogP contribution < -0.4 is 29.6 Å². The number of carbonyl (C=O) groups is 4. The van der Waals surface area contributed by atoms with Gasteiger partial charge in [0.1, 0.15) is 29.5 Å². The molecule has 0 spiro atoms. The third kappa shape index (κ3) is 9.39. The predicted molar refractivity (Wildman–Crippen MR) is 212 cm³/mol. The van der Waals surface area contributed by atoms with Crippen molar-refractivity contribution in [3.05, 3.63) is 36.2 Å². The first-order valence-corrected chi connectivity index (χ1v) is 21.8. The molecule has 2 saturated carbocycles. The molecule has 4 aliphatic rings. The molecule has 0 unspecified atom stereocenters. The van der Waals surface area contributed by atoms with Crippen molar-refractivity contribution < 1.29 is 59.7 Å². The second-order valence-electron chi connectivity index (χ2n) is 17.0. The zero-order chi connectivity index (χ0) is 43.9. The van der Waals surface area contributed by atoms with Crippen LogP contribution in [0.3, 0.4) is 0 Å². The zero-order valence-electron chi connectivity index (χ0n) is 34.8. The molecule has 60 heavy (non-hydrogen) atoms. The molecule has 15 nitrogen and oxygen atoms in total. The number of allylic oxidation sites excluding steroid dienone is 1. The first kappa shape index (κ1) is 44.7. The van der Waals surface area contributed by atoms with Gasteiger partial charge in [-0.05, 0) is 70.3 Å². The number of carbonyl (C=O) groups excluding carboxylic acids is 4. The highest BCUT2D eigenvalue weighted by Gasteiger charge is 2.62. The van der Waals surface area contributed by atoms with Gasteiger partial charge in [0, 0.05) is 36.8 Å². The Hall–Kier alpha value is -4.81. The average Bonchev–Trinajstić information content (AvgIpc) is 4.10. The fourth-order valence-corrected chi connectivity index (χ4v) is 9.27. The van der Waals surface area contributed by atoms with E-state index < -0.39 is 92.0 Å². The maximum atomic E-state index is 15.1. The summed E-state index contributed by atoms with van der Waals surface area (Å²) in [6, 6.07) is 1.24. The zero-order valence-corrected chi connectivity index (χ0v) is 35.6. The highest BCUT2D eigenvalue weighted by atomic mass is 32.2. The fraction of sp³-hybridized carbons (Fsp3) is 0.634. The monoisotopic (exact) mass is 865 g/mol. The number of fused-ring (bicyclic) bond motifs is 3. The van der Waals surface area contributed by atoms with Gasteiger partial charge in [-0.1, -0.05) is 32.4 Å². The lowest BCUT2D eigenvalue weighted by Gasteiger charge is -2.35. The number of nitrogens with zero attached hydrogens (tertiary/aromatic N) is 2. The Morgan fingerprint density at radius 3 is 2.40 bits per heavy atom. The predicted octanol–water partition coefficient (Wildman–Crippen LogP) is 5.15. The van der Waals surface area contributed by atoms with E-state index in [4.69, 9.17) is 18.9 Å². The van der Waals surface area contributed by atoms with Gasteiger partial charge in [0.05, 0.1) is 31.5 Å². The molecule has 4 amide bonds. The quantitative estimate of drug-likeness (QED) is 0.253. The van der Waals surface area contributed by atoms with Crippen molar-refractivity contribution in [2.45, 2.75) is 126 Å². The van der Waals surface area contributed by atoms with Gasteiger partial charge >= 0.3 is 6.09 Å². The summed E-state index contributed by atoms with van der Waals surface area (Å²) >= 11 is 0. The van der Waals surface area contributed by atoms with E-state index in [9.17, 15) is 36.4 Å². The molecule has 2 aliphatic heterocycles. The van der Waals surface area contributed by atoms with Gasteiger partial charge < -0.3 is 34.5 Å². The number of alkyl halides is 2. The largest absolute Gasteiger partial charge is 0.494 e. The fourth-order valence-electron chi connectivity index (χ4n) is 7.91. The van der Waals surface area contributed by atoms with E-state index >= 15 is 4.39 Å². The average molecular weight is 866 g/mol. The van der Waals surface area contributed by atoms with Crippen molar-refractivity contribution in [3.63, 3.8) is 0 Å².